The fourth-order valence-electron chi connectivity index (χ4n) is 2.27. The number of rotatable bonds is 4. The normalized spacial score (nSPS) is 11.0. The lowest BCUT2D eigenvalue weighted by Gasteiger charge is -2.00. The van der Waals surface area contributed by atoms with Gasteiger partial charge in [0.1, 0.15) is 0 Å². The standard InChI is InChI=1S/C17H12N4O2S/c22-15-12-8-4-5-9-13(12)18-17(19-15)24-10-14-20-21-16(23-14)11-6-2-1-3-7-11/h1-9H,10H2,(H,18,19,22). The van der Waals surface area contributed by atoms with Gasteiger partial charge in [-0.2, -0.15) is 0 Å². The highest BCUT2D eigenvalue weighted by Crippen LogP contribution is 2.22. The van der Waals surface area contributed by atoms with Crippen molar-refractivity contribution in [2.24, 2.45) is 0 Å². The van der Waals surface area contributed by atoms with E-state index in [-0.39, 0.29) is 5.56 Å². The zero-order valence-corrected chi connectivity index (χ0v) is 13.3. The first kappa shape index (κ1) is 14.6. The topological polar surface area (TPSA) is 84.7 Å². The molecule has 0 atom stereocenters. The second-order valence-electron chi connectivity index (χ2n) is 5.04. The second kappa shape index (κ2) is 6.29. The SMILES string of the molecule is O=c1[nH]c(SCc2nnc(-c3ccccc3)o2)nc2ccccc12. The molecule has 0 amide bonds. The molecule has 0 spiro atoms. The number of fused-ring (bicyclic) bond motifs is 1. The first-order valence-corrected chi connectivity index (χ1v) is 8.28. The Balaban J connectivity index is 1.53. The van der Waals surface area contributed by atoms with Gasteiger partial charge in [-0.15, -0.1) is 10.2 Å². The van der Waals surface area contributed by atoms with Gasteiger partial charge in [0.05, 0.1) is 16.7 Å². The Bertz CT molecular complexity index is 1040. The van der Waals surface area contributed by atoms with Crippen molar-refractivity contribution in [3.05, 3.63) is 70.8 Å². The van der Waals surface area contributed by atoms with E-state index in [9.17, 15) is 4.79 Å². The van der Waals surface area contributed by atoms with Crippen LogP contribution in [0.3, 0.4) is 0 Å². The van der Waals surface area contributed by atoms with Crippen molar-refractivity contribution in [2.45, 2.75) is 10.9 Å². The molecule has 24 heavy (non-hydrogen) atoms. The Morgan fingerprint density at radius 3 is 2.67 bits per heavy atom. The molecule has 0 bridgehead atoms. The van der Waals surface area contributed by atoms with Crippen molar-refractivity contribution in [3.63, 3.8) is 0 Å². The lowest BCUT2D eigenvalue weighted by molar-refractivity contribution is 0.528. The molecule has 0 unspecified atom stereocenters. The second-order valence-corrected chi connectivity index (χ2v) is 6.01. The molecule has 0 saturated heterocycles. The van der Waals surface area contributed by atoms with Crippen LogP contribution in [0, 0.1) is 0 Å². The number of aromatic amines is 1. The van der Waals surface area contributed by atoms with Crippen molar-refractivity contribution in [1.82, 2.24) is 20.2 Å². The van der Waals surface area contributed by atoms with Gasteiger partial charge in [0.2, 0.25) is 11.8 Å². The van der Waals surface area contributed by atoms with Crippen LogP contribution in [-0.2, 0) is 5.75 Å². The number of thioether (sulfide) groups is 1. The molecule has 0 saturated carbocycles. The third-order valence-corrected chi connectivity index (χ3v) is 4.27. The number of nitrogens with zero attached hydrogens (tertiary/aromatic N) is 3. The number of H-pyrrole nitrogens is 1. The van der Waals surface area contributed by atoms with Crippen LogP contribution >= 0.6 is 11.8 Å². The molecule has 0 fully saturated rings. The van der Waals surface area contributed by atoms with E-state index in [2.05, 4.69) is 20.2 Å². The molecule has 0 aliphatic heterocycles. The highest BCUT2D eigenvalue weighted by Gasteiger charge is 2.10. The van der Waals surface area contributed by atoms with E-state index in [4.69, 9.17) is 4.42 Å². The number of benzene rings is 2. The van der Waals surface area contributed by atoms with Gasteiger partial charge in [0.25, 0.3) is 5.56 Å². The maximum absolute atomic E-state index is 12.0. The van der Waals surface area contributed by atoms with Crippen molar-refractivity contribution in [1.29, 1.82) is 0 Å². The molecule has 1 N–H and O–H groups in total. The highest BCUT2D eigenvalue weighted by molar-refractivity contribution is 7.98. The summed E-state index contributed by atoms with van der Waals surface area (Å²) in [6, 6.07) is 16.8. The monoisotopic (exact) mass is 336 g/mol. The van der Waals surface area contributed by atoms with Crippen molar-refractivity contribution < 1.29 is 4.42 Å². The Hall–Kier alpha value is -2.93. The van der Waals surface area contributed by atoms with Gasteiger partial charge in [-0.25, -0.2) is 4.98 Å². The van der Waals surface area contributed by atoms with E-state index >= 15 is 0 Å². The van der Waals surface area contributed by atoms with E-state index in [0.717, 1.165) is 5.56 Å². The molecule has 6 nitrogen and oxygen atoms in total. The molecule has 2 aromatic carbocycles. The summed E-state index contributed by atoms with van der Waals surface area (Å²) < 4.78 is 5.65. The fraction of sp³-hybridized carbons (Fsp3) is 0.0588. The number of nitrogens with one attached hydrogen (secondary N) is 1. The Morgan fingerprint density at radius 1 is 1.00 bits per heavy atom. The minimum atomic E-state index is -0.154. The molecular weight excluding hydrogens is 324 g/mol. The summed E-state index contributed by atoms with van der Waals surface area (Å²) in [6.07, 6.45) is 0. The lowest BCUT2D eigenvalue weighted by Crippen LogP contribution is -2.08. The Morgan fingerprint density at radius 2 is 1.79 bits per heavy atom. The number of hydrogen-bond acceptors (Lipinski definition) is 6. The maximum atomic E-state index is 12.0. The van der Waals surface area contributed by atoms with Crippen LogP contribution < -0.4 is 5.56 Å². The summed E-state index contributed by atoms with van der Waals surface area (Å²) >= 11 is 1.35. The first-order valence-electron chi connectivity index (χ1n) is 7.29. The third-order valence-electron chi connectivity index (χ3n) is 3.41. The summed E-state index contributed by atoms with van der Waals surface area (Å²) in [5.74, 6) is 1.39. The minimum Gasteiger partial charge on any atom is -0.420 e. The van der Waals surface area contributed by atoms with Gasteiger partial charge >= 0.3 is 0 Å². The third kappa shape index (κ3) is 2.93. The Kier molecular flexibility index (Phi) is 3.84. The molecule has 2 aromatic heterocycles. The molecule has 4 aromatic rings. The summed E-state index contributed by atoms with van der Waals surface area (Å²) in [6.45, 7) is 0. The van der Waals surface area contributed by atoms with Crippen LogP contribution in [0.1, 0.15) is 5.89 Å². The zero-order chi connectivity index (χ0) is 16.4. The average Bonchev–Trinajstić information content (AvgIpc) is 3.10. The van der Waals surface area contributed by atoms with Gasteiger partial charge in [0, 0.05) is 5.56 Å². The molecule has 118 valence electrons. The molecule has 0 aliphatic rings. The quantitative estimate of drug-likeness (QED) is 0.455. The van der Waals surface area contributed by atoms with E-state index in [1.165, 1.54) is 11.8 Å². The average molecular weight is 336 g/mol. The van der Waals surface area contributed by atoms with Crippen LogP contribution in [0.25, 0.3) is 22.4 Å². The maximum Gasteiger partial charge on any atom is 0.259 e. The van der Waals surface area contributed by atoms with Crippen molar-refractivity contribution in [3.8, 4) is 11.5 Å². The molecule has 0 aliphatic carbocycles. The zero-order valence-electron chi connectivity index (χ0n) is 12.5. The number of aromatic nitrogens is 4. The summed E-state index contributed by atoms with van der Waals surface area (Å²) in [7, 11) is 0. The number of hydrogen-bond donors (Lipinski definition) is 1. The minimum absolute atomic E-state index is 0.154. The smallest absolute Gasteiger partial charge is 0.259 e. The van der Waals surface area contributed by atoms with Crippen LogP contribution in [0.2, 0.25) is 0 Å². The molecule has 7 heteroatoms. The number of para-hydroxylation sites is 1. The van der Waals surface area contributed by atoms with Gasteiger partial charge < -0.3 is 9.40 Å². The van der Waals surface area contributed by atoms with Crippen molar-refractivity contribution >= 4 is 22.7 Å². The highest BCUT2D eigenvalue weighted by atomic mass is 32.2. The largest absolute Gasteiger partial charge is 0.420 e. The summed E-state index contributed by atoms with van der Waals surface area (Å²) in [5.41, 5.74) is 1.39. The van der Waals surface area contributed by atoms with Crippen LogP contribution in [-0.4, -0.2) is 20.2 Å². The lowest BCUT2D eigenvalue weighted by atomic mass is 10.2. The first-order chi connectivity index (χ1) is 11.8. The van der Waals surface area contributed by atoms with Gasteiger partial charge in [-0.1, -0.05) is 42.1 Å². The van der Waals surface area contributed by atoms with E-state index in [1.54, 1.807) is 6.07 Å². The van der Waals surface area contributed by atoms with Crippen LogP contribution in [0.4, 0.5) is 0 Å². The predicted molar refractivity (Wildman–Crippen MR) is 91.7 cm³/mol. The molecule has 2 heterocycles. The fourth-order valence-corrected chi connectivity index (χ4v) is 2.98. The van der Waals surface area contributed by atoms with Crippen LogP contribution in [0.5, 0.6) is 0 Å². The van der Waals surface area contributed by atoms with Crippen molar-refractivity contribution in [2.75, 3.05) is 0 Å². The molecular formula is C17H12N4O2S. The predicted octanol–water partition coefficient (Wildman–Crippen LogP) is 3.27. The molecule has 4 rings (SSSR count). The van der Waals surface area contributed by atoms with Crippen LogP contribution in [0.15, 0.2) is 69.0 Å². The van der Waals surface area contributed by atoms with E-state index in [1.807, 2.05) is 48.5 Å². The summed E-state index contributed by atoms with van der Waals surface area (Å²) in [5, 5.41) is 9.18. The van der Waals surface area contributed by atoms with Gasteiger partial charge in [-0.3, -0.25) is 4.79 Å². The Labute approximate surface area is 141 Å². The van der Waals surface area contributed by atoms with E-state index in [0.29, 0.717) is 33.6 Å². The van der Waals surface area contributed by atoms with Gasteiger partial charge in [0.15, 0.2) is 5.16 Å². The van der Waals surface area contributed by atoms with Gasteiger partial charge in [-0.05, 0) is 24.3 Å². The molecule has 0 radical (unpaired) electrons. The summed E-state index contributed by atoms with van der Waals surface area (Å²) in [4.78, 5) is 19.2. The van der Waals surface area contributed by atoms with E-state index < -0.39 is 0 Å².